The van der Waals surface area contributed by atoms with Crippen LogP contribution in [0.25, 0.3) is 6.08 Å². The minimum absolute atomic E-state index is 0.116. The van der Waals surface area contributed by atoms with Crippen molar-refractivity contribution >= 4 is 35.4 Å². The van der Waals surface area contributed by atoms with Crippen molar-refractivity contribution in [2.75, 3.05) is 18.9 Å². The standard InChI is InChI=1S/C19H18N2O5S/c22-18(20-12-13-27-16-7-2-1-3-8-16)14-26-19(23)11-10-15-6-4-5-9-17(15)21(24)25/h1-11H,12-14H2,(H,20,22)/b11-10+. The van der Waals surface area contributed by atoms with E-state index in [1.807, 2.05) is 30.3 Å². The number of hydrogen-bond acceptors (Lipinski definition) is 6. The summed E-state index contributed by atoms with van der Waals surface area (Å²) < 4.78 is 4.83. The van der Waals surface area contributed by atoms with Crippen LogP contribution >= 0.6 is 11.8 Å². The third-order valence-electron chi connectivity index (χ3n) is 3.31. The molecule has 8 heteroatoms. The number of carbonyl (C=O) groups excluding carboxylic acids is 2. The second kappa shape index (κ2) is 10.8. The lowest BCUT2D eigenvalue weighted by Gasteiger charge is -2.05. The maximum absolute atomic E-state index is 11.7. The van der Waals surface area contributed by atoms with Crippen molar-refractivity contribution in [2.45, 2.75) is 4.90 Å². The summed E-state index contributed by atoms with van der Waals surface area (Å²) in [5, 5.41) is 13.6. The van der Waals surface area contributed by atoms with Crippen LogP contribution in [0.3, 0.4) is 0 Å². The fourth-order valence-electron chi connectivity index (χ4n) is 2.06. The van der Waals surface area contributed by atoms with Gasteiger partial charge in [-0.2, -0.15) is 0 Å². The van der Waals surface area contributed by atoms with Crippen molar-refractivity contribution in [3.63, 3.8) is 0 Å². The molecule has 1 amide bonds. The van der Waals surface area contributed by atoms with Crippen LogP contribution in [0.5, 0.6) is 0 Å². The topological polar surface area (TPSA) is 98.5 Å². The fourth-order valence-corrected chi connectivity index (χ4v) is 2.85. The van der Waals surface area contributed by atoms with Crippen LogP contribution in [0.4, 0.5) is 5.69 Å². The number of nitrogens with zero attached hydrogens (tertiary/aromatic N) is 1. The van der Waals surface area contributed by atoms with Crippen LogP contribution in [0, 0.1) is 10.1 Å². The molecule has 2 aromatic carbocycles. The van der Waals surface area contributed by atoms with Gasteiger partial charge >= 0.3 is 5.97 Å². The number of benzene rings is 2. The number of nitrogens with one attached hydrogen (secondary N) is 1. The average Bonchev–Trinajstić information content (AvgIpc) is 2.69. The zero-order valence-corrected chi connectivity index (χ0v) is 15.2. The van der Waals surface area contributed by atoms with Gasteiger partial charge in [-0.05, 0) is 24.3 Å². The molecule has 0 saturated heterocycles. The lowest BCUT2D eigenvalue weighted by molar-refractivity contribution is -0.385. The van der Waals surface area contributed by atoms with Gasteiger partial charge in [0.15, 0.2) is 6.61 Å². The number of amides is 1. The number of nitro groups is 1. The van der Waals surface area contributed by atoms with E-state index in [1.165, 1.54) is 24.3 Å². The first kappa shape index (κ1) is 20.2. The molecule has 0 bridgehead atoms. The molecule has 2 rings (SSSR count). The molecule has 0 aromatic heterocycles. The van der Waals surface area contributed by atoms with Gasteiger partial charge < -0.3 is 10.1 Å². The first-order valence-electron chi connectivity index (χ1n) is 8.09. The third-order valence-corrected chi connectivity index (χ3v) is 4.33. The molecule has 140 valence electrons. The van der Waals surface area contributed by atoms with Crippen molar-refractivity contribution in [3.05, 3.63) is 76.4 Å². The number of ether oxygens (including phenoxy) is 1. The van der Waals surface area contributed by atoms with E-state index in [4.69, 9.17) is 4.74 Å². The summed E-state index contributed by atoms with van der Waals surface area (Å²) in [7, 11) is 0. The molecule has 0 aliphatic rings. The zero-order chi connectivity index (χ0) is 19.5. The Labute approximate surface area is 160 Å². The van der Waals surface area contributed by atoms with Crippen LogP contribution in [0.15, 0.2) is 65.6 Å². The van der Waals surface area contributed by atoms with Gasteiger partial charge in [0.25, 0.3) is 11.6 Å². The number of nitro benzene ring substituents is 1. The molecule has 0 spiro atoms. The highest BCUT2D eigenvalue weighted by Crippen LogP contribution is 2.19. The second-order valence-electron chi connectivity index (χ2n) is 5.27. The largest absolute Gasteiger partial charge is 0.452 e. The van der Waals surface area contributed by atoms with Crippen LogP contribution in [0.2, 0.25) is 0 Å². The highest BCUT2D eigenvalue weighted by molar-refractivity contribution is 7.99. The van der Waals surface area contributed by atoms with Crippen molar-refractivity contribution < 1.29 is 19.2 Å². The van der Waals surface area contributed by atoms with E-state index in [0.717, 1.165) is 11.0 Å². The van der Waals surface area contributed by atoms with Gasteiger partial charge in [0, 0.05) is 29.3 Å². The molecule has 0 fully saturated rings. The number of hydrogen-bond donors (Lipinski definition) is 1. The highest BCUT2D eigenvalue weighted by atomic mass is 32.2. The number of carbonyl (C=O) groups is 2. The average molecular weight is 386 g/mol. The summed E-state index contributed by atoms with van der Waals surface area (Å²) in [6.07, 6.45) is 2.34. The van der Waals surface area contributed by atoms with E-state index in [9.17, 15) is 19.7 Å². The lowest BCUT2D eigenvalue weighted by atomic mass is 10.1. The molecule has 0 heterocycles. The van der Waals surface area contributed by atoms with Crippen LogP contribution in [0.1, 0.15) is 5.56 Å². The molecular formula is C19H18N2O5S. The van der Waals surface area contributed by atoms with Gasteiger partial charge in [-0.25, -0.2) is 4.79 Å². The molecule has 0 aliphatic heterocycles. The Bertz CT molecular complexity index is 824. The van der Waals surface area contributed by atoms with E-state index < -0.39 is 23.4 Å². The summed E-state index contributed by atoms with van der Waals surface area (Å²) in [4.78, 5) is 34.8. The number of thioether (sulfide) groups is 1. The minimum Gasteiger partial charge on any atom is -0.452 e. The summed E-state index contributed by atoms with van der Waals surface area (Å²) in [6, 6.07) is 15.8. The minimum atomic E-state index is -0.748. The summed E-state index contributed by atoms with van der Waals surface area (Å²) in [5.74, 6) is -0.459. The van der Waals surface area contributed by atoms with Crippen molar-refractivity contribution in [3.8, 4) is 0 Å². The van der Waals surface area contributed by atoms with Crippen LogP contribution in [-0.4, -0.2) is 35.7 Å². The van der Waals surface area contributed by atoms with Crippen molar-refractivity contribution in [2.24, 2.45) is 0 Å². The van der Waals surface area contributed by atoms with Crippen molar-refractivity contribution in [1.82, 2.24) is 5.32 Å². The maximum Gasteiger partial charge on any atom is 0.331 e. The van der Waals surface area contributed by atoms with Gasteiger partial charge in [-0.1, -0.05) is 30.3 Å². The molecule has 2 aromatic rings. The summed E-state index contributed by atoms with van der Waals surface area (Å²) in [5.41, 5.74) is 0.164. The van der Waals surface area contributed by atoms with Crippen LogP contribution in [-0.2, 0) is 14.3 Å². The van der Waals surface area contributed by atoms with E-state index in [-0.39, 0.29) is 11.3 Å². The van der Waals surface area contributed by atoms with E-state index in [2.05, 4.69) is 5.32 Å². The van der Waals surface area contributed by atoms with Gasteiger partial charge in [0.2, 0.25) is 0 Å². The van der Waals surface area contributed by atoms with Crippen LogP contribution < -0.4 is 5.32 Å². The zero-order valence-electron chi connectivity index (χ0n) is 14.4. The summed E-state index contributed by atoms with van der Waals surface area (Å²) >= 11 is 1.61. The van der Waals surface area contributed by atoms with Crippen molar-refractivity contribution in [1.29, 1.82) is 0 Å². The number of para-hydroxylation sites is 1. The lowest BCUT2D eigenvalue weighted by Crippen LogP contribution is -2.30. The Balaban J connectivity index is 1.69. The first-order chi connectivity index (χ1) is 13.1. The predicted octanol–water partition coefficient (Wildman–Crippen LogP) is 3.06. The van der Waals surface area contributed by atoms with Gasteiger partial charge in [0.1, 0.15) is 0 Å². The van der Waals surface area contributed by atoms with E-state index in [0.29, 0.717) is 12.3 Å². The Morgan fingerprint density at radius 2 is 1.81 bits per heavy atom. The molecular weight excluding hydrogens is 368 g/mol. The molecule has 0 atom stereocenters. The first-order valence-corrected chi connectivity index (χ1v) is 9.07. The molecule has 27 heavy (non-hydrogen) atoms. The van der Waals surface area contributed by atoms with Gasteiger partial charge in [-0.15, -0.1) is 11.8 Å². The van der Waals surface area contributed by atoms with E-state index >= 15 is 0 Å². The number of esters is 1. The SMILES string of the molecule is O=C(COC(=O)/C=C/c1ccccc1[N+](=O)[O-])NCCSc1ccccc1. The Morgan fingerprint density at radius 3 is 2.56 bits per heavy atom. The quantitative estimate of drug-likeness (QED) is 0.178. The summed E-state index contributed by atoms with van der Waals surface area (Å²) in [6.45, 7) is 0.0397. The highest BCUT2D eigenvalue weighted by Gasteiger charge is 2.10. The molecule has 0 saturated carbocycles. The van der Waals surface area contributed by atoms with E-state index in [1.54, 1.807) is 17.8 Å². The van der Waals surface area contributed by atoms with Gasteiger partial charge in [0.05, 0.1) is 10.5 Å². The Hall–Kier alpha value is -3.13. The smallest absolute Gasteiger partial charge is 0.331 e. The predicted molar refractivity (Wildman–Crippen MR) is 103 cm³/mol. The monoisotopic (exact) mass is 386 g/mol. The molecule has 7 nitrogen and oxygen atoms in total. The second-order valence-corrected chi connectivity index (χ2v) is 6.44. The molecule has 1 N–H and O–H groups in total. The molecule has 0 radical (unpaired) electrons. The Kier molecular flexibility index (Phi) is 8.05. The third kappa shape index (κ3) is 7.33. The maximum atomic E-state index is 11.7. The molecule has 0 aliphatic carbocycles. The van der Waals surface area contributed by atoms with Gasteiger partial charge in [-0.3, -0.25) is 14.9 Å². The number of rotatable bonds is 9. The normalized spacial score (nSPS) is 10.5. The fraction of sp³-hybridized carbons (Fsp3) is 0.158. The molecule has 0 unspecified atom stereocenters. The Morgan fingerprint density at radius 1 is 1.11 bits per heavy atom.